The first kappa shape index (κ1) is 22.4. The fraction of sp³-hybridized carbons (Fsp3) is 0.292. The van der Waals surface area contributed by atoms with Crippen molar-refractivity contribution in [1.82, 2.24) is 13.6 Å². The van der Waals surface area contributed by atoms with Crippen LogP contribution in [-0.4, -0.2) is 52.1 Å². The quantitative estimate of drug-likeness (QED) is 0.492. The van der Waals surface area contributed by atoms with E-state index in [0.29, 0.717) is 31.0 Å². The van der Waals surface area contributed by atoms with Gasteiger partial charge in [-0.05, 0) is 29.7 Å². The molecule has 0 saturated carbocycles. The van der Waals surface area contributed by atoms with Gasteiger partial charge in [-0.15, -0.1) is 4.37 Å². The Bertz CT molecular complexity index is 1170. The van der Waals surface area contributed by atoms with Gasteiger partial charge in [0.1, 0.15) is 24.4 Å². The molecule has 10 heteroatoms. The van der Waals surface area contributed by atoms with Crippen LogP contribution in [0.4, 0.5) is 19.3 Å². The van der Waals surface area contributed by atoms with E-state index in [1.807, 2.05) is 24.3 Å². The van der Waals surface area contributed by atoms with Gasteiger partial charge in [0, 0.05) is 25.2 Å². The smallest absolute Gasteiger partial charge is 0.414 e. The van der Waals surface area contributed by atoms with Gasteiger partial charge in [-0.25, -0.2) is 13.6 Å². The summed E-state index contributed by atoms with van der Waals surface area (Å²) in [6.45, 7) is 2.29. The fourth-order valence-corrected chi connectivity index (χ4v) is 4.53. The molecule has 1 aromatic heterocycles. The molecule has 2 aliphatic rings. The van der Waals surface area contributed by atoms with E-state index in [4.69, 9.17) is 9.47 Å². The zero-order valence-corrected chi connectivity index (χ0v) is 19.0. The summed E-state index contributed by atoms with van der Waals surface area (Å²) in [5.74, 6) is -1.05. The number of hydrogen-bond acceptors (Lipinski definition) is 7. The van der Waals surface area contributed by atoms with Crippen LogP contribution in [0.25, 0.3) is 5.57 Å². The van der Waals surface area contributed by atoms with Crippen LogP contribution in [0.2, 0.25) is 0 Å². The number of ether oxygens (including phenoxy) is 2. The number of hydrogen-bond donors (Lipinski definition) is 0. The van der Waals surface area contributed by atoms with Crippen LogP contribution in [0.1, 0.15) is 17.5 Å². The summed E-state index contributed by atoms with van der Waals surface area (Å²) in [4.78, 5) is 15.7. The van der Waals surface area contributed by atoms with Gasteiger partial charge in [0.25, 0.3) is 0 Å². The predicted molar refractivity (Wildman–Crippen MR) is 124 cm³/mol. The Morgan fingerprint density at radius 3 is 2.65 bits per heavy atom. The summed E-state index contributed by atoms with van der Waals surface area (Å²) in [5.41, 5.74) is 1.92. The van der Waals surface area contributed by atoms with Crippen molar-refractivity contribution in [3.8, 4) is 5.88 Å². The van der Waals surface area contributed by atoms with E-state index in [1.54, 1.807) is 0 Å². The summed E-state index contributed by atoms with van der Waals surface area (Å²) in [5, 5.41) is 0. The van der Waals surface area contributed by atoms with Crippen LogP contribution >= 0.6 is 11.7 Å². The normalized spacial score (nSPS) is 18.6. The molecule has 2 aromatic carbocycles. The van der Waals surface area contributed by atoms with Crippen LogP contribution in [0, 0.1) is 11.6 Å². The lowest BCUT2D eigenvalue weighted by Gasteiger charge is -2.27. The molecule has 0 radical (unpaired) electrons. The molecule has 1 amide bonds. The van der Waals surface area contributed by atoms with Gasteiger partial charge in [0.2, 0.25) is 5.88 Å². The molecule has 176 valence electrons. The third-order valence-corrected chi connectivity index (χ3v) is 6.30. The van der Waals surface area contributed by atoms with E-state index in [2.05, 4.69) is 25.8 Å². The standard InChI is InChI=1S/C24H22F2N4O3S/c25-20-10-18(30-14-19(33-24(30)31)15-32-22-12-27-34-28-22)11-21(26)23(20)17-6-8-29(9-7-17)13-16-4-2-1-3-5-16/h1-6,10-12,19H,7-9,13-15H2/t19-/m1/s1. The van der Waals surface area contributed by atoms with Gasteiger partial charge < -0.3 is 9.47 Å². The van der Waals surface area contributed by atoms with Gasteiger partial charge in [-0.1, -0.05) is 36.4 Å². The van der Waals surface area contributed by atoms with E-state index < -0.39 is 23.8 Å². The monoisotopic (exact) mass is 484 g/mol. The highest BCUT2D eigenvalue weighted by Gasteiger charge is 2.34. The van der Waals surface area contributed by atoms with Crippen molar-refractivity contribution in [2.45, 2.75) is 19.1 Å². The Morgan fingerprint density at radius 1 is 1.18 bits per heavy atom. The maximum atomic E-state index is 15.0. The fourth-order valence-electron chi connectivity index (χ4n) is 4.16. The maximum absolute atomic E-state index is 15.0. The Balaban J connectivity index is 1.25. The number of carbonyl (C=O) groups is 1. The van der Waals surface area contributed by atoms with Crippen LogP contribution in [0.3, 0.4) is 0 Å². The van der Waals surface area contributed by atoms with Gasteiger partial charge in [-0.2, -0.15) is 4.37 Å². The lowest BCUT2D eigenvalue weighted by atomic mass is 9.97. The SMILES string of the molecule is O=C1O[C@@H](COc2cnsn2)CN1c1cc(F)c(C2=CCN(Cc3ccccc3)CC2)c(F)c1. The number of benzene rings is 2. The third kappa shape index (κ3) is 4.92. The van der Waals surface area contributed by atoms with Crippen molar-refractivity contribution in [2.75, 3.05) is 31.1 Å². The molecular weight excluding hydrogens is 462 g/mol. The van der Waals surface area contributed by atoms with E-state index in [-0.39, 0.29) is 24.4 Å². The number of rotatable bonds is 7. The number of anilines is 1. The molecule has 3 aromatic rings. The molecule has 34 heavy (non-hydrogen) atoms. The summed E-state index contributed by atoms with van der Waals surface area (Å²) in [6.07, 6.45) is 2.61. The number of cyclic esters (lactones) is 1. The molecule has 5 rings (SSSR count). The number of halogens is 2. The average Bonchev–Trinajstić information content (AvgIpc) is 3.48. The first-order valence-corrected chi connectivity index (χ1v) is 11.6. The van der Waals surface area contributed by atoms with Gasteiger partial charge in [0.05, 0.1) is 24.0 Å². The van der Waals surface area contributed by atoms with Gasteiger partial charge >= 0.3 is 6.09 Å². The summed E-state index contributed by atoms with van der Waals surface area (Å²) >= 11 is 1.00. The van der Waals surface area contributed by atoms with Gasteiger partial charge in [0.15, 0.2) is 6.10 Å². The number of nitrogens with zero attached hydrogens (tertiary/aromatic N) is 4. The van der Waals surface area contributed by atoms with Gasteiger partial charge in [-0.3, -0.25) is 9.80 Å². The van der Waals surface area contributed by atoms with Crippen molar-refractivity contribution in [1.29, 1.82) is 0 Å². The van der Waals surface area contributed by atoms with Crippen LogP contribution in [0.5, 0.6) is 5.88 Å². The van der Waals surface area contributed by atoms with Crippen molar-refractivity contribution >= 4 is 29.1 Å². The highest BCUT2D eigenvalue weighted by Crippen LogP contribution is 2.32. The van der Waals surface area contributed by atoms with Crippen molar-refractivity contribution in [3.05, 3.63) is 77.5 Å². The van der Waals surface area contributed by atoms with Crippen molar-refractivity contribution < 1.29 is 23.0 Å². The molecule has 0 aliphatic carbocycles. The Kier molecular flexibility index (Phi) is 6.50. The molecule has 1 fully saturated rings. The highest BCUT2D eigenvalue weighted by atomic mass is 32.1. The van der Waals surface area contributed by atoms with E-state index >= 15 is 8.78 Å². The molecule has 2 aliphatic heterocycles. The minimum Gasteiger partial charge on any atom is -0.472 e. The Morgan fingerprint density at radius 2 is 1.97 bits per heavy atom. The first-order valence-electron chi connectivity index (χ1n) is 10.9. The zero-order chi connectivity index (χ0) is 23.5. The van der Waals surface area contributed by atoms with Crippen molar-refractivity contribution in [2.24, 2.45) is 0 Å². The maximum Gasteiger partial charge on any atom is 0.414 e. The average molecular weight is 485 g/mol. The topological polar surface area (TPSA) is 67.8 Å². The second kappa shape index (κ2) is 9.86. The molecule has 0 bridgehead atoms. The summed E-state index contributed by atoms with van der Waals surface area (Å²) in [7, 11) is 0. The highest BCUT2D eigenvalue weighted by molar-refractivity contribution is 6.99. The Hall–Kier alpha value is -3.37. The number of carbonyl (C=O) groups excluding carboxylic acids is 1. The number of amides is 1. The molecule has 0 N–H and O–H groups in total. The first-order chi connectivity index (χ1) is 16.6. The van der Waals surface area contributed by atoms with Crippen molar-refractivity contribution in [3.63, 3.8) is 0 Å². The Labute approximate surface area is 199 Å². The molecule has 1 saturated heterocycles. The molecule has 7 nitrogen and oxygen atoms in total. The predicted octanol–water partition coefficient (Wildman–Crippen LogP) is 4.51. The molecule has 0 spiro atoms. The second-order valence-corrected chi connectivity index (χ2v) is 8.71. The minimum absolute atomic E-state index is 0.0356. The number of aromatic nitrogens is 2. The lowest BCUT2D eigenvalue weighted by Crippen LogP contribution is -2.28. The second-order valence-electron chi connectivity index (χ2n) is 8.16. The summed E-state index contributed by atoms with van der Waals surface area (Å²) < 4.78 is 48.5. The lowest BCUT2D eigenvalue weighted by molar-refractivity contribution is 0.103. The van der Waals surface area contributed by atoms with Crippen LogP contribution in [0.15, 0.2) is 54.7 Å². The van der Waals surface area contributed by atoms with Crippen LogP contribution in [-0.2, 0) is 11.3 Å². The third-order valence-electron chi connectivity index (χ3n) is 5.83. The molecule has 1 atom stereocenters. The van der Waals surface area contributed by atoms with E-state index in [1.165, 1.54) is 28.8 Å². The molecule has 3 heterocycles. The van der Waals surface area contributed by atoms with E-state index in [0.717, 1.165) is 18.3 Å². The largest absolute Gasteiger partial charge is 0.472 e. The molecule has 0 unspecified atom stereocenters. The zero-order valence-electron chi connectivity index (χ0n) is 18.2. The van der Waals surface area contributed by atoms with Crippen LogP contribution < -0.4 is 9.64 Å². The van der Waals surface area contributed by atoms with E-state index in [9.17, 15) is 4.79 Å². The molecular formula is C24H22F2N4O3S. The summed E-state index contributed by atoms with van der Waals surface area (Å²) in [6, 6.07) is 12.5. The minimum atomic E-state index is -0.696.